The largest absolute Gasteiger partial charge is 0.489 e. The molecule has 5 aromatic carbocycles. The number of hydrogen-bond donors (Lipinski definition) is 0. The van der Waals surface area contributed by atoms with Gasteiger partial charge in [0, 0.05) is 6.42 Å². The van der Waals surface area contributed by atoms with E-state index in [2.05, 4.69) is 0 Å². The van der Waals surface area contributed by atoms with E-state index >= 15 is 0 Å². The van der Waals surface area contributed by atoms with Crippen LogP contribution in [0.4, 0.5) is 0 Å². The zero-order chi connectivity index (χ0) is 36.3. The molecule has 0 saturated heterocycles. The average molecular weight is 693 g/mol. The van der Waals surface area contributed by atoms with Gasteiger partial charge in [-0.1, -0.05) is 122 Å². The number of esters is 2. The zero-order valence-corrected chi connectivity index (χ0v) is 28.6. The number of carbonyl (C=O) groups excluding carboxylic acids is 4. The summed E-state index contributed by atoms with van der Waals surface area (Å²) in [6.07, 6.45) is 0.346. The summed E-state index contributed by atoms with van der Waals surface area (Å²) in [6, 6.07) is 41.2. The van der Waals surface area contributed by atoms with Gasteiger partial charge in [-0.05, 0) is 58.5 Å². The van der Waals surface area contributed by atoms with Crippen LogP contribution in [0.3, 0.4) is 0 Å². The molecule has 0 N–H and O–H groups in total. The lowest BCUT2D eigenvalue weighted by molar-refractivity contribution is -0.143. The molecule has 0 bridgehead atoms. The predicted octanol–water partition coefficient (Wildman–Crippen LogP) is 8.25. The van der Waals surface area contributed by atoms with Crippen molar-refractivity contribution in [2.75, 3.05) is 0 Å². The molecule has 0 heterocycles. The number of carbonyl (C=O) groups is 4. The van der Waals surface area contributed by atoms with Gasteiger partial charge in [0.2, 0.25) is 11.6 Å². The summed E-state index contributed by atoms with van der Waals surface area (Å²) in [5, 5.41) is 0. The molecule has 1 aliphatic carbocycles. The van der Waals surface area contributed by atoms with Gasteiger partial charge in [0.05, 0.1) is 17.6 Å². The van der Waals surface area contributed by atoms with Crippen molar-refractivity contribution < 1.29 is 38.1 Å². The van der Waals surface area contributed by atoms with Crippen LogP contribution in [-0.4, -0.2) is 23.5 Å². The minimum absolute atomic E-state index is 0.0237. The minimum Gasteiger partial charge on any atom is -0.489 e. The highest BCUT2D eigenvalue weighted by Crippen LogP contribution is 2.38. The lowest BCUT2D eigenvalue weighted by Gasteiger charge is -2.23. The van der Waals surface area contributed by atoms with Crippen LogP contribution in [0, 0.1) is 0 Å². The van der Waals surface area contributed by atoms with Crippen LogP contribution < -0.4 is 9.47 Å². The monoisotopic (exact) mass is 692 g/mol. The summed E-state index contributed by atoms with van der Waals surface area (Å²) >= 11 is 0. The third-order valence-corrected chi connectivity index (χ3v) is 8.18. The van der Waals surface area contributed by atoms with Crippen molar-refractivity contribution in [2.45, 2.75) is 39.4 Å². The van der Waals surface area contributed by atoms with E-state index in [0.29, 0.717) is 36.7 Å². The molecule has 52 heavy (non-hydrogen) atoms. The van der Waals surface area contributed by atoms with Crippen molar-refractivity contribution in [1.29, 1.82) is 0 Å². The molecule has 1 aliphatic rings. The smallest absolute Gasteiger partial charge is 0.315 e. The summed E-state index contributed by atoms with van der Waals surface area (Å²) in [5.41, 5.74) is 2.78. The average Bonchev–Trinajstić information content (AvgIpc) is 3.17. The maximum absolute atomic E-state index is 14.5. The molecule has 0 unspecified atom stereocenters. The van der Waals surface area contributed by atoms with E-state index in [1.54, 1.807) is 79.7 Å². The quantitative estimate of drug-likeness (QED) is 0.0847. The van der Waals surface area contributed by atoms with Crippen LogP contribution in [0.25, 0.3) is 11.1 Å². The number of ketones is 2. The molecule has 0 fully saturated rings. The van der Waals surface area contributed by atoms with Crippen molar-refractivity contribution in [3.63, 3.8) is 0 Å². The standard InChI is InChI=1S/C44H36O8/c1-2-12-37(45)51-43-39(33-19-23-35(24-20-33)49-28-31-15-8-4-9-16-31)42(48)44(52-38(46)27-30-13-6-3-7-14-30)40(41(43)47)34-21-25-36(26-22-34)50-29-32-17-10-5-11-18-32/h3-11,13-26H,2,12,27-29H2,1H3. The van der Waals surface area contributed by atoms with Crippen LogP contribution in [0.15, 0.2) is 151 Å². The lowest BCUT2D eigenvalue weighted by Crippen LogP contribution is -2.28. The van der Waals surface area contributed by atoms with Gasteiger partial charge in [0.15, 0.2) is 11.5 Å². The maximum Gasteiger partial charge on any atom is 0.315 e. The summed E-state index contributed by atoms with van der Waals surface area (Å²) in [6.45, 7) is 2.45. The van der Waals surface area contributed by atoms with Crippen molar-refractivity contribution in [3.05, 3.63) is 179 Å². The Kier molecular flexibility index (Phi) is 11.5. The molecule has 0 spiro atoms. The molecule has 6 rings (SSSR count). The van der Waals surface area contributed by atoms with Crippen LogP contribution >= 0.6 is 0 Å². The SMILES string of the molecule is CCCC(=O)OC1=C(c2ccc(OCc3ccccc3)cc2)C(=O)C(OC(=O)Cc2ccccc2)=C(c2ccc(OCc3ccccc3)cc2)C1=O. The topological polar surface area (TPSA) is 105 Å². The van der Waals surface area contributed by atoms with Crippen molar-refractivity contribution in [3.8, 4) is 11.5 Å². The van der Waals surface area contributed by atoms with E-state index in [9.17, 15) is 19.2 Å². The lowest BCUT2D eigenvalue weighted by atomic mass is 9.86. The summed E-state index contributed by atoms with van der Waals surface area (Å²) in [4.78, 5) is 55.2. The molecule has 5 aromatic rings. The fraction of sp³-hybridized carbons (Fsp3) is 0.136. The van der Waals surface area contributed by atoms with Crippen LogP contribution in [0.5, 0.6) is 11.5 Å². The van der Waals surface area contributed by atoms with Crippen LogP contribution in [-0.2, 0) is 48.3 Å². The first-order chi connectivity index (χ1) is 25.4. The van der Waals surface area contributed by atoms with E-state index in [0.717, 1.165) is 11.1 Å². The Hall–Kier alpha value is -6.54. The maximum atomic E-state index is 14.5. The number of Topliss-reactive ketones (excluding diaryl/α,β-unsaturated/α-hetero) is 2. The fourth-order valence-corrected chi connectivity index (χ4v) is 5.58. The summed E-state index contributed by atoms with van der Waals surface area (Å²) < 4.78 is 23.3. The third kappa shape index (κ3) is 8.78. The van der Waals surface area contributed by atoms with E-state index in [-0.39, 0.29) is 35.1 Å². The van der Waals surface area contributed by atoms with Gasteiger partial charge >= 0.3 is 11.9 Å². The van der Waals surface area contributed by atoms with E-state index < -0.39 is 35.0 Å². The van der Waals surface area contributed by atoms with E-state index in [1.165, 1.54) is 0 Å². The molecule has 8 nitrogen and oxygen atoms in total. The zero-order valence-electron chi connectivity index (χ0n) is 28.6. The highest BCUT2D eigenvalue weighted by atomic mass is 16.6. The van der Waals surface area contributed by atoms with Crippen LogP contribution in [0.2, 0.25) is 0 Å². The second kappa shape index (κ2) is 16.9. The van der Waals surface area contributed by atoms with Crippen molar-refractivity contribution >= 4 is 34.7 Å². The van der Waals surface area contributed by atoms with Gasteiger partial charge in [-0.3, -0.25) is 19.2 Å². The Morgan fingerprint density at radius 2 is 0.865 bits per heavy atom. The first kappa shape index (κ1) is 35.3. The van der Waals surface area contributed by atoms with E-state index in [1.807, 2.05) is 66.7 Å². The van der Waals surface area contributed by atoms with Gasteiger partial charge in [-0.15, -0.1) is 0 Å². The number of ether oxygens (including phenoxy) is 4. The molecule has 0 radical (unpaired) electrons. The Balaban J connectivity index is 1.36. The summed E-state index contributed by atoms with van der Waals surface area (Å²) in [5.74, 6) is -2.83. The van der Waals surface area contributed by atoms with Crippen LogP contribution in [0.1, 0.15) is 47.6 Å². The van der Waals surface area contributed by atoms with Gasteiger partial charge in [-0.2, -0.15) is 0 Å². The third-order valence-electron chi connectivity index (χ3n) is 8.18. The second-order valence-electron chi connectivity index (χ2n) is 12.0. The highest BCUT2D eigenvalue weighted by Gasteiger charge is 2.40. The highest BCUT2D eigenvalue weighted by molar-refractivity contribution is 6.47. The normalized spacial score (nSPS) is 12.8. The summed E-state index contributed by atoms with van der Waals surface area (Å²) in [7, 11) is 0. The Labute approximate surface area is 301 Å². The van der Waals surface area contributed by atoms with Crippen molar-refractivity contribution in [2.24, 2.45) is 0 Å². The molecule has 8 heteroatoms. The second-order valence-corrected chi connectivity index (χ2v) is 12.0. The number of rotatable bonds is 14. The molecule has 0 atom stereocenters. The number of benzene rings is 5. The Morgan fingerprint density at radius 1 is 0.481 bits per heavy atom. The van der Waals surface area contributed by atoms with E-state index in [4.69, 9.17) is 18.9 Å². The van der Waals surface area contributed by atoms with Gasteiger partial charge in [0.25, 0.3) is 0 Å². The molecular weight excluding hydrogens is 656 g/mol. The molecule has 0 aliphatic heterocycles. The molecular formula is C44H36O8. The van der Waals surface area contributed by atoms with Gasteiger partial charge in [-0.25, -0.2) is 0 Å². The molecule has 0 amide bonds. The molecule has 0 saturated carbocycles. The fourth-order valence-electron chi connectivity index (χ4n) is 5.58. The van der Waals surface area contributed by atoms with Gasteiger partial charge < -0.3 is 18.9 Å². The minimum atomic E-state index is -0.780. The Bertz CT molecular complexity index is 2100. The molecule has 0 aromatic heterocycles. The predicted molar refractivity (Wildman–Crippen MR) is 196 cm³/mol. The first-order valence-electron chi connectivity index (χ1n) is 17.0. The first-order valence-corrected chi connectivity index (χ1v) is 17.0. The molecule has 260 valence electrons. The van der Waals surface area contributed by atoms with Gasteiger partial charge in [0.1, 0.15) is 24.7 Å². The van der Waals surface area contributed by atoms with Crippen molar-refractivity contribution in [1.82, 2.24) is 0 Å². The number of allylic oxidation sites excluding steroid dienone is 2. The Morgan fingerprint density at radius 3 is 1.27 bits per heavy atom. The number of hydrogen-bond acceptors (Lipinski definition) is 8.